The van der Waals surface area contributed by atoms with Crippen LogP contribution in [0.25, 0.3) is 0 Å². The van der Waals surface area contributed by atoms with Crippen LogP contribution in [-0.4, -0.2) is 36.2 Å². The SMILES string of the molecule is CCCN(CCC)CC1(CO)CC1. The lowest BCUT2D eigenvalue weighted by Crippen LogP contribution is -2.33. The summed E-state index contributed by atoms with van der Waals surface area (Å²) in [5.41, 5.74) is 0.296. The Labute approximate surface area is 81.9 Å². The van der Waals surface area contributed by atoms with Gasteiger partial charge in [-0.05, 0) is 38.8 Å². The Bertz CT molecular complexity index is 137. The summed E-state index contributed by atoms with van der Waals surface area (Å²) in [6.07, 6.45) is 4.91. The molecule has 0 amide bonds. The first-order valence-electron chi connectivity index (χ1n) is 5.59. The summed E-state index contributed by atoms with van der Waals surface area (Å²) in [6.45, 7) is 8.33. The number of rotatable bonds is 7. The van der Waals surface area contributed by atoms with Gasteiger partial charge >= 0.3 is 0 Å². The maximum atomic E-state index is 9.22. The average molecular weight is 185 g/mol. The van der Waals surface area contributed by atoms with Crippen molar-refractivity contribution in [1.82, 2.24) is 4.90 Å². The van der Waals surface area contributed by atoms with E-state index in [0.717, 1.165) is 6.54 Å². The second-order valence-electron chi connectivity index (χ2n) is 4.43. The Morgan fingerprint density at radius 3 is 2.00 bits per heavy atom. The van der Waals surface area contributed by atoms with Crippen LogP contribution >= 0.6 is 0 Å². The van der Waals surface area contributed by atoms with Crippen molar-refractivity contribution in [2.75, 3.05) is 26.2 Å². The van der Waals surface area contributed by atoms with E-state index in [-0.39, 0.29) is 0 Å². The highest BCUT2D eigenvalue weighted by molar-refractivity contribution is 4.94. The predicted molar refractivity (Wildman–Crippen MR) is 55.8 cm³/mol. The molecular weight excluding hydrogens is 162 g/mol. The number of hydrogen-bond donors (Lipinski definition) is 1. The molecule has 0 saturated heterocycles. The van der Waals surface area contributed by atoms with Gasteiger partial charge in [0, 0.05) is 18.6 Å². The van der Waals surface area contributed by atoms with E-state index in [9.17, 15) is 5.11 Å². The summed E-state index contributed by atoms with van der Waals surface area (Å²) in [6, 6.07) is 0. The van der Waals surface area contributed by atoms with Gasteiger partial charge in [-0.15, -0.1) is 0 Å². The minimum atomic E-state index is 0.296. The third kappa shape index (κ3) is 3.28. The van der Waals surface area contributed by atoms with E-state index in [2.05, 4.69) is 18.7 Å². The third-order valence-electron chi connectivity index (χ3n) is 2.93. The zero-order valence-corrected chi connectivity index (χ0v) is 9.05. The van der Waals surface area contributed by atoms with Crippen LogP contribution in [0, 0.1) is 5.41 Å². The summed E-state index contributed by atoms with van der Waals surface area (Å²) in [7, 11) is 0. The van der Waals surface area contributed by atoms with Gasteiger partial charge in [-0.2, -0.15) is 0 Å². The molecule has 0 heterocycles. The number of aliphatic hydroxyl groups excluding tert-OH is 1. The second-order valence-corrected chi connectivity index (χ2v) is 4.43. The van der Waals surface area contributed by atoms with Gasteiger partial charge < -0.3 is 10.0 Å². The van der Waals surface area contributed by atoms with Crippen LogP contribution in [-0.2, 0) is 0 Å². The molecule has 1 aliphatic carbocycles. The van der Waals surface area contributed by atoms with E-state index < -0.39 is 0 Å². The molecule has 0 atom stereocenters. The maximum absolute atomic E-state index is 9.22. The van der Waals surface area contributed by atoms with Crippen molar-refractivity contribution in [2.45, 2.75) is 39.5 Å². The molecule has 1 rings (SSSR count). The van der Waals surface area contributed by atoms with Gasteiger partial charge in [0.2, 0.25) is 0 Å². The quantitative estimate of drug-likeness (QED) is 0.654. The number of nitrogens with zero attached hydrogens (tertiary/aromatic N) is 1. The van der Waals surface area contributed by atoms with Gasteiger partial charge in [-0.1, -0.05) is 13.8 Å². The third-order valence-corrected chi connectivity index (χ3v) is 2.93. The molecule has 1 fully saturated rings. The minimum Gasteiger partial charge on any atom is -0.396 e. The topological polar surface area (TPSA) is 23.5 Å². The first kappa shape index (κ1) is 11.0. The first-order chi connectivity index (χ1) is 6.26. The molecule has 0 spiro atoms. The van der Waals surface area contributed by atoms with Crippen molar-refractivity contribution in [3.8, 4) is 0 Å². The summed E-state index contributed by atoms with van der Waals surface area (Å²) in [5.74, 6) is 0. The average Bonchev–Trinajstić information content (AvgIpc) is 2.87. The van der Waals surface area contributed by atoms with Gasteiger partial charge in [-0.3, -0.25) is 0 Å². The van der Waals surface area contributed by atoms with E-state index in [1.807, 2.05) is 0 Å². The molecule has 78 valence electrons. The molecule has 0 aliphatic heterocycles. The largest absolute Gasteiger partial charge is 0.396 e. The van der Waals surface area contributed by atoms with Crippen molar-refractivity contribution < 1.29 is 5.11 Å². The first-order valence-corrected chi connectivity index (χ1v) is 5.59. The Morgan fingerprint density at radius 2 is 1.69 bits per heavy atom. The van der Waals surface area contributed by atoms with Crippen LogP contribution in [0.15, 0.2) is 0 Å². The Balaban J connectivity index is 2.28. The van der Waals surface area contributed by atoms with E-state index in [1.54, 1.807) is 0 Å². The Kier molecular flexibility index (Phi) is 4.20. The molecule has 1 aliphatic rings. The molecule has 13 heavy (non-hydrogen) atoms. The second kappa shape index (κ2) is 4.97. The van der Waals surface area contributed by atoms with E-state index in [4.69, 9.17) is 0 Å². The molecule has 1 saturated carbocycles. The molecule has 2 heteroatoms. The smallest absolute Gasteiger partial charge is 0.0499 e. The van der Waals surface area contributed by atoms with Gasteiger partial charge in [0.1, 0.15) is 0 Å². The summed E-state index contributed by atoms with van der Waals surface area (Å²) >= 11 is 0. The van der Waals surface area contributed by atoms with Crippen LogP contribution in [0.4, 0.5) is 0 Å². The lowest BCUT2D eigenvalue weighted by Gasteiger charge is -2.25. The molecule has 0 bridgehead atoms. The molecule has 1 N–H and O–H groups in total. The van der Waals surface area contributed by atoms with Crippen LogP contribution in [0.3, 0.4) is 0 Å². The van der Waals surface area contributed by atoms with Crippen molar-refractivity contribution in [3.63, 3.8) is 0 Å². The molecular formula is C11H23NO. The fraction of sp³-hybridized carbons (Fsp3) is 1.00. The van der Waals surface area contributed by atoms with Crippen molar-refractivity contribution in [3.05, 3.63) is 0 Å². The fourth-order valence-electron chi connectivity index (χ4n) is 1.92. The summed E-state index contributed by atoms with van der Waals surface area (Å²) < 4.78 is 0. The maximum Gasteiger partial charge on any atom is 0.0499 e. The monoisotopic (exact) mass is 185 g/mol. The highest BCUT2D eigenvalue weighted by Crippen LogP contribution is 2.45. The molecule has 0 radical (unpaired) electrons. The number of hydrogen-bond acceptors (Lipinski definition) is 2. The molecule has 0 aromatic carbocycles. The predicted octanol–water partition coefficient (Wildman–Crippen LogP) is 1.88. The van der Waals surface area contributed by atoms with Gasteiger partial charge in [0.05, 0.1) is 0 Å². The Hall–Kier alpha value is -0.0800. The Morgan fingerprint density at radius 1 is 1.15 bits per heavy atom. The molecule has 0 aromatic rings. The van der Waals surface area contributed by atoms with E-state index in [0.29, 0.717) is 12.0 Å². The van der Waals surface area contributed by atoms with Gasteiger partial charge in [0.25, 0.3) is 0 Å². The zero-order valence-electron chi connectivity index (χ0n) is 9.05. The van der Waals surface area contributed by atoms with Gasteiger partial charge in [-0.25, -0.2) is 0 Å². The number of aliphatic hydroxyl groups is 1. The van der Waals surface area contributed by atoms with Crippen LogP contribution in [0.5, 0.6) is 0 Å². The zero-order chi connectivity index (χ0) is 9.73. The fourth-order valence-corrected chi connectivity index (χ4v) is 1.92. The van der Waals surface area contributed by atoms with Crippen molar-refractivity contribution in [1.29, 1.82) is 0 Å². The van der Waals surface area contributed by atoms with Gasteiger partial charge in [0.15, 0.2) is 0 Å². The molecule has 2 nitrogen and oxygen atoms in total. The summed E-state index contributed by atoms with van der Waals surface area (Å²) in [5, 5.41) is 9.22. The minimum absolute atomic E-state index is 0.296. The van der Waals surface area contributed by atoms with Crippen molar-refractivity contribution in [2.24, 2.45) is 5.41 Å². The standard InChI is InChI=1S/C11H23NO/c1-3-7-12(8-4-2)9-11(10-13)5-6-11/h13H,3-10H2,1-2H3. The summed E-state index contributed by atoms with van der Waals surface area (Å²) in [4.78, 5) is 2.50. The normalized spacial score (nSPS) is 19.4. The van der Waals surface area contributed by atoms with Crippen molar-refractivity contribution >= 4 is 0 Å². The lowest BCUT2D eigenvalue weighted by atomic mass is 10.1. The van der Waals surface area contributed by atoms with E-state index >= 15 is 0 Å². The highest BCUT2D eigenvalue weighted by Gasteiger charge is 2.42. The lowest BCUT2D eigenvalue weighted by molar-refractivity contribution is 0.148. The van der Waals surface area contributed by atoms with Crippen LogP contribution in [0.1, 0.15) is 39.5 Å². The highest BCUT2D eigenvalue weighted by atomic mass is 16.3. The molecule has 0 aromatic heterocycles. The van der Waals surface area contributed by atoms with Crippen LogP contribution in [0.2, 0.25) is 0 Å². The molecule has 0 unspecified atom stereocenters. The van der Waals surface area contributed by atoms with E-state index in [1.165, 1.54) is 38.8 Å². The van der Waals surface area contributed by atoms with Crippen LogP contribution < -0.4 is 0 Å².